The predicted octanol–water partition coefficient (Wildman–Crippen LogP) is 5.16. The van der Waals surface area contributed by atoms with Crippen molar-refractivity contribution in [3.8, 4) is 0 Å². The monoisotopic (exact) mass is 563 g/mol. The van der Waals surface area contributed by atoms with E-state index in [1.165, 1.54) is 0 Å². The molecule has 40 heavy (non-hydrogen) atoms. The van der Waals surface area contributed by atoms with Gasteiger partial charge in [-0.25, -0.2) is 4.79 Å². The number of halogens is 1. The van der Waals surface area contributed by atoms with E-state index in [4.69, 9.17) is 16.7 Å². The van der Waals surface area contributed by atoms with Crippen molar-refractivity contribution in [3.63, 3.8) is 0 Å². The molecule has 4 N–H and O–H groups in total. The summed E-state index contributed by atoms with van der Waals surface area (Å²) in [5, 5.41) is 26.5. The van der Waals surface area contributed by atoms with E-state index >= 15 is 0 Å². The van der Waals surface area contributed by atoms with E-state index in [1.807, 2.05) is 60.7 Å². The Kier molecular flexibility index (Phi) is 10.2. The van der Waals surface area contributed by atoms with Crippen molar-refractivity contribution in [2.45, 2.75) is 43.1 Å². The Morgan fingerprint density at radius 3 is 2.00 bits per heavy atom. The first-order chi connectivity index (χ1) is 19.3. The van der Waals surface area contributed by atoms with E-state index in [9.17, 15) is 14.7 Å². The van der Waals surface area contributed by atoms with Gasteiger partial charge < -0.3 is 25.7 Å². The van der Waals surface area contributed by atoms with Gasteiger partial charge in [-0.1, -0.05) is 84.4 Å². The second-order valence-corrected chi connectivity index (χ2v) is 11.0. The number of nitrogens with zero attached hydrogens (tertiary/aromatic N) is 1. The zero-order chi connectivity index (χ0) is 28.4. The molecule has 7 nitrogen and oxygen atoms in total. The number of hydrogen-bond acceptors (Lipinski definition) is 4. The molecule has 2 amide bonds. The molecule has 3 aromatic rings. The van der Waals surface area contributed by atoms with Crippen molar-refractivity contribution >= 4 is 23.6 Å². The summed E-state index contributed by atoms with van der Waals surface area (Å²) in [7, 11) is 0. The van der Waals surface area contributed by atoms with Crippen LogP contribution in [-0.2, 0) is 15.8 Å². The summed E-state index contributed by atoms with van der Waals surface area (Å²) in [6, 6.07) is 27.5. The number of hydrogen-bond donors (Lipinski definition) is 4. The number of carbonyl (C=O) groups is 2. The summed E-state index contributed by atoms with van der Waals surface area (Å²) < 4.78 is 0. The van der Waals surface area contributed by atoms with E-state index in [0.717, 1.165) is 49.2 Å². The number of piperidine rings is 1. The van der Waals surface area contributed by atoms with E-state index in [0.29, 0.717) is 24.4 Å². The number of benzene rings is 3. The summed E-state index contributed by atoms with van der Waals surface area (Å²) in [6.45, 7) is 2.92. The molecular formula is C32H38ClN3O4. The second-order valence-electron chi connectivity index (χ2n) is 10.6. The molecule has 0 aliphatic carbocycles. The zero-order valence-electron chi connectivity index (χ0n) is 22.7. The van der Waals surface area contributed by atoms with Crippen molar-refractivity contribution in [1.29, 1.82) is 0 Å². The topological polar surface area (TPSA) is 102 Å². The normalized spacial score (nSPS) is 15.3. The second kappa shape index (κ2) is 13.8. The zero-order valence-corrected chi connectivity index (χ0v) is 23.4. The van der Waals surface area contributed by atoms with E-state index < -0.39 is 17.0 Å². The molecule has 1 heterocycles. The Morgan fingerprint density at radius 2 is 1.45 bits per heavy atom. The third-order valence-corrected chi connectivity index (χ3v) is 8.22. The van der Waals surface area contributed by atoms with Crippen LogP contribution in [0.25, 0.3) is 0 Å². The quantitative estimate of drug-likeness (QED) is 0.244. The Morgan fingerprint density at radius 1 is 0.875 bits per heavy atom. The number of aliphatic hydroxyl groups is 1. The molecule has 3 aromatic carbocycles. The van der Waals surface area contributed by atoms with Crippen molar-refractivity contribution < 1.29 is 19.8 Å². The van der Waals surface area contributed by atoms with Gasteiger partial charge in [0.25, 0.3) is 0 Å². The minimum Gasteiger partial charge on any atom is -0.481 e. The maximum Gasteiger partial charge on any atom is 0.314 e. The number of aliphatic carboxylic acids is 1. The molecule has 1 saturated heterocycles. The van der Waals surface area contributed by atoms with E-state index in [2.05, 4.69) is 39.8 Å². The van der Waals surface area contributed by atoms with Gasteiger partial charge in [0.05, 0.1) is 12.0 Å². The van der Waals surface area contributed by atoms with Crippen molar-refractivity contribution in [3.05, 3.63) is 107 Å². The number of carbonyl (C=O) groups excluding carboxylic acids is 1. The maximum absolute atomic E-state index is 12.6. The van der Waals surface area contributed by atoms with Gasteiger partial charge in [-0.15, -0.1) is 0 Å². The highest BCUT2D eigenvalue weighted by Crippen LogP contribution is 2.38. The molecule has 0 saturated carbocycles. The Hall–Kier alpha value is -3.39. The average Bonchev–Trinajstić information content (AvgIpc) is 2.97. The Bertz CT molecular complexity index is 1190. The number of likely N-dealkylation sites (tertiary alicyclic amines) is 1. The maximum atomic E-state index is 12.6. The van der Waals surface area contributed by atoms with Gasteiger partial charge in [0.2, 0.25) is 0 Å². The SMILES string of the molecule is O=C(O)CCNC(=O)NCC(CCCN1CCC(O)(c2ccc(Cl)cc2)CC1)(c1ccccc1)c1ccccc1. The molecule has 0 unspecified atom stereocenters. The van der Waals surface area contributed by atoms with E-state index in [1.54, 1.807) is 0 Å². The number of urea groups is 1. The molecular weight excluding hydrogens is 526 g/mol. The van der Waals surface area contributed by atoms with Crippen LogP contribution in [0.4, 0.5) is 4.79 Å². The van der Waals surface area contributed by atoms with Crippen LogP contribution in [0, 0.1) is 0 Å². The largest absolute Gasteiger partial charge is 0.481 e. The molecule has 8 heteroatoms. The molecule has 0 atom stereocenters. The highest BCUT2D eigenvalue weighted by atomic mass is 35.5. The first-order valence-electron chi connectivity index (χ1n) is 13.9. The van der Waals surface area contributed by atoms with Gasteiger partial charge >= 0.3 is 12.0 Å². The van der Waals surface area contributed by atoms with Gasteiger partial charge in [-0.05, 0) is 61.1 Å². The van der Waals surface area contributed by atoms with Gasteiger partial charge in [0.15, 0.2) is 0 Å². The molecule has 0 radical (unpaired) electrons. The highest BCUT2D eigenvalue weighted by Gasteiger charge is 2.36. The fourth-order valence-corrected chi connectivity index (χ4v) is 5.76. The molecule has 0 bridgehead atoms. The molecule has 4 rings (SSSR count). The number of carboxylic acid groups (broad SMARTS) is 1. The summed E-state index contributed by atoms with van der Waals surface area (Å²) in [5.74, 6) is -0.951. The van der Waals surface area contributed by atoms with Crippen molar-refractivity contribution in [2.75, 3.05) is 32.7 Å². The lowest BCUT2D eigenvalue weighted by atomic mass is 9.71. The minimum absolute atomic E-state index is 0.0716. The van der Waals surface area contributed by atoms with Gasteiger partial charge in [-0.2, -0.15) is 0 Å². The van der Waals surface area contributed by atoms with E-state index in [-0.39, 0.29) is 19.0 Å². The third kappa shape index (κ3) is 7.62. The minimum atomic E-state index is -0.951. The van der Waals surface area contributed by atoms with Crippen LogP contribution in [0.5, 0.6) is 0 Å². The van der Waals surface area contributed by atoms with Crippen LogP contribution in [0.1, 0.15) is 48.8 Å². The fraction of sp³-hybridized carbons (Fsp3) is 0.375. The van der Waals surface area contributed by atoms with Crippen LogP contribution >= 0.6 is 11.6 Å². The smallest absolute Gasteiger partial charge is 0.314 e. The molecule has 1 aliphatic heterocycles. The van der Waals surface area contributed by atoms with Crippen LogP contribution in [-0.4, -0.2) is 59.8 Å². The summed E-state index contributed by atoms with van der Waals surface area (Å²) in [6.07, 6.45) is 2.89. The van der Waals surface area contributed by atoms with Gasteiger partial charge in [0.1, 0.15) is 0 Å². The van der Waals surface area contributed by atoms with Crippen molar-refractivity contribution in [2.24, 2.45) is 0 Å². The standard InChI is InChI=1S/C32H38ClN3O4/c33-28-14-12-27(13-15-28)32(40)18-22-36(23-19-32)21-7-17-31(25-8-3-1-4-9-25,26-10-5-2-6-11-26)24-35-30(39)34-20-16-29(37)38/h1-6,8-15,40H,7,16-24H2,(H,37,38)(H2,34,35,39). The lowest BCUT2D eigenvalue weighted by Gasteiger charge is -2.40. The molecule has 1 aliphatic rings. The van der Waals surface area contributed by atoms with Crippen LogP contribution in [0.3, 0.4) is 0 Å². The average molecular weight is 564 g/mol. The lowest BCUT2D eigenvalue weighted by Crippen LogP contribution is -2.46. The number of rotatable bonds is 12. The number of amides is 2. The summed E-state index contributed by atoms with van der Waals surface area (Å²) >= 11 is 6.04. The number of nitrogens with one attached hydrogen (secondary N) is 2. The van der Waals surface area contributed by atoms with Crippen LogP contribution < -0.4 is 10.6 Å². The predicted molar refractivity (Wildman–Crippen MR) is 158 cm³/mol. The Labute approximate surface area is 241 Å². The van der Waals surface area contributed by atoms with Crippen LogP contribution in [0.2, 0.25) is 5.02 Å². The summed E-state index contributed by atoms with van der Waals surface area (Å²) in [4.78, 5) is 25.8. The van der Waals surface area contributed by atoms with Gasteiger partial charge in [0, 0.05) is 36.6 Å². The molecule has 1 fully saturated rings. The molecule has 0 aromatic heterocycles. The molecule has 0 spiro atoms. The highest BCUT2D eigenvalue weighted by molar-refractivity contribution is 6.30. The van der Waals surface area contributed by atoms with Crippen LogP contribution in [0.15, 0.2) is 84.9 Å². The summed E-state index contributed by atoms with van der Waals surface area (Å²) in [5.41, 5.74) is 1.84. The third-order valence-electron chi connectivity index (χ3n) is 7.97. The van der Waals surface area contributed by atoms with Gasteiger partial charge in [-0.3, -0.25) is 4.79 Å². The fourth-order valence-electron chi connectivity index (χ4n) is 5.64. The Balaban J connectivity index is 1.45. The lowest BCUT2D eigenvalue weighted by molar-refractivity contribution is -0.136. The number of carboxylic acids is 1. The molecule has 212 valence electrons. The first kappa shape index (κ1) is 29.6. The first-order valence-corrected chi connectivity index (χ1v) is 14.2. The van der Waals surface area contributed by atoms with Crippen molar-refractivity contribution in [1.82, 2.24) is 15.5 Å².